The molecule has 1 aliphatic rings. The zero-order valence-corrected chi connectivity index (χ0v) is 19.6. The van der Waals surface area contributed by atoms with Gasteiger partial charge in [-0.3, -0.25) is 14.0 Å². The molecule has 0 radical (unpaired) electrons. The highest BCUT2D eigenvalue weighted by Crippen LogP contribution is 2.26. The Labute approximate surface area is 190 Å². The van der Waals surface area contributed by atoms with Gasteiger partial charge in [-0.1, -0.05) is 26.0 Å². The van der Waals surface area contributed by atoms with Crippen molar-refractivity contribution in [3.63, 3.8) is 0 Å². The van der Waals surface area contributed by atoms with E-state index in [1.54, 1.807) is 23.7 Å². The van der Waals surface area contributed by atoms with E-state index in [0.29, 0.717) is 29.4 Å². The second-order valence-electron chi connectivity index (χ2n) is 8.15. The van der Waals surface area contributed by atoms with Crippen molar-refractivity contribution in [3.05, 3.63) is 63.5 Å². The quantitative estimate of drug-likeness (QED) is 0.508. The van der Waals surface area contributed by atoms with Crippen LogP contribution >= 0.6 is 11.3 Å². The second-order valence-corrected chi connectivity index (χ2v) is 11.0. The van der Waals surface area contributed by atoms with Gasteiger partial charge in [0.25, 0.3) is 5.56 Å². The van der Waals surface area contributed by atoms with Crippen LogP contribution in [0.3, 0.4) is 0 Å². The number of nitrogens with zero attached hydrogens (tertiary/aromatic N) is 3. The van der Waals surface area contributed by atoms with E-state index in [2.05, 4.69) is 18.8 Å². The van der Waals surface area contributed by atoms with Gasteiger partial charge in [0.2, 0.25) is 10.0 Å². The minimum absolute atomic E-state index is 0.0802. The highest BCUT2D eigenvalue weighted by atomic mass is 32.2. The van der Waals surface area contributed by atoms with Crippen molar-refractivity contribution in [3.8, 4) is 0 Å². The second kappa shape index (κ2) is 9.13. The van der Waals surface area contributed by atoms with Crippen molar-refractivity contribution in [1.29, 1.82) is 0 Å². The number of piperidine rings is 1. The summed E-state index contributed by atoms with van der Waals surface area (Å²) in [7, 11) is -3.59. The lowest BCUT2D eigenvalue weighted by atomic mass is 9.98. The third-order valence-electron chi connectivity index (χ3n) is 5.69. The van der Waals surface area contributed by atoms with Crippen LogP contribution in [0.4, 0.5) is 0 Å². The molecule has 0 N–H and O–H groups in total. The standard InChI is InChI=1S/C22H25N3O5S2/c1-15(2)16-3-5-19(6-4-16)32(28,29)24-9-7-17(8-10-24)21(27)30-14-18-13-20(26)25-11-12-31-22(25)23-18/h3-6,11-13,15,17H,7-10,14H2,1-2H3. The molecule has 0 unspecified atom stereocenters. The predicted octanol–water partition coefficient (Wildman–Crippen LogP) is 3.02. The lowest BCUT2D eigenvalue weighted by Gasteiger charge is -2.30. The van der Waals surface area contributed by atoms with Gasteiger partial charge in [0.05, 0.1) is 16.5 Å². The minimum atomic E-state index is -3.59. The van der Waals surface area contributed by atoms with E-state index in [9.17, 15) is 18.0 Å². The molecule has 3 aromatic rings. The summed E-state index contributed by atoms with van der Waals surface area (Å²) >= 11 is 1.33. The van der Waals surface area contributed by atoms with Crippen LogP contribution in [0.15, 0.2) is 51.6 Å². The maximum absolute atomic E-state index is 12.9. The summed E-state index contributed by atoms with van der Waals surface area (Å²) < 4.78 is 34.1. The number of rotatable bonds is 6. The number of carbonyl (C=O) groups excluding carboxylic acids is 1. The summed E-state index contributed by atoms with van der Waals surface area (Å²) in [5.74, 6) is -0.442. The maximum atomic E-state index is 12.9. The van der Waals surface area contributed by atoms with Crippen LogP contribution < -0.4 is 5.56 Å². The van der Waals surface area contributed by atoms with Gasteiger partial charge < -0.3 is 4.74 Å². The normalized spacial score (nSPS) is 16.0. The fourth-order valence-corrected chi connectivity index (χ4v) is 5.94. The van der Waals surface area contributed by atoms with Gasteiger partial charge in [0.15, 0.2) is 4.96 Å². The largest absolute Gasteiger partial charge is 0.459 e. The average molecular weight is 476 g/mol. The van der Waals surface area contributed by atoms with Crippen molar-refractivity contribution >= 4 is 32.3 Å². The monoisotopic (exact) mass is 475 g/mol. The first-order valence-electron chi connectivity index (χ1n) is 10.5. The molecule has 1 aromatic carbocycles. The Morgan fingerprint density at radius 2 is 1.91 bits per heavy atom. The van der Waals surface area contributed by atoms with Gasteiger partial charge in [-0.05, 0) is 36.5 Å². The molecule has 170 valence electrons. The summed E-state index contributed by atoms with van der Waals surface area (Å²) in [6, 6.07) is 8.33. The fraction of sp³-hybridized carbons (Fsp3) is 0.409. The number of thiazole rings is 1. The Bertz CT molecular complexity index is 1270. The van der Waals surface area contributed by atoms with Crippen LogP contribution in [0.5, 0.6) is 0 Å². The highest BCUT2D eigenvalue weighted by molar-refractivity contribution is 7.89. The van der Waals surface area contributed by atoms with Crippen molar-refractivity contribution < 1.29 is 17.9 Å². The Kier molecular flexibility index (Phi) is 6.45. The SMILES string of the molecule is CC(C)c1ccc(S(=O)(=O)N2CCC(C(=O)OCc3cc(=O)n4ccsc4n3)CC2)cc1. The molecule has 1 saturated heterocycles. The number of fused-ring (bicyclic) bond motifs is 1. The number of carbonyl (C=O) groups is 1. The van der Waals surface area contributed by atoms with Gasteiger partial charge >= 0.3 is 5.97 Å². The van der Waals surface area contributed by atoms with Crippen LogP contribution in [0.1, 0.15) is 43.9 Å². The first-order chi connectivity index (χ1) is 15.3. The van der Waals surface area contributed by atoms with E-state index in [1.807, 2.05) is 12.1 Å². The predicted molar refractivity (Wildman–Crippen MR) is 121 cm³/mol. The minimum Gasteiger partial charge on any atom is -0.459 e. The lowest BCUT2D eigenvalue weighted by molar-refractivity contribution is -0.151. The van der Waals surface area contributed by atoms with E-state index < -0.39 is 16.0 Å². The summed E-state index contributed by atoms with van der Waals surface area (Å²) in [5.41, 5.74) is 1.26. The first kappa shape index (κ1) is 22.6. The Morgan fingerprint density at radius 3 is 2.56 bits per heavy atom. The molecule has 0 atom stereocenters. The molecule has 32 heavy (non-hydrogen) atoms. The molecule has 0 saturated carbocycles. The van der Waals surface area contributed by atoms with Crippen LogP contribution in [-0.4, -0.2) is 41.2 Å². The van der Waals surface area contributed by atoms with Gasteiger partial charge in [0, 0.05) is 30.7 Å². The van der Waals surface area contributed by atoms with Crippen molar-refractivity contribution in [2.24, 2.45) is 5.92 Å². The zero-order valence-electron chi connectivity index (χ0n) is 17.9. The summed E-state index contributed by atoms with van der Waals surface area (Å²) in [5, 5.41) is 1.76. The van der Waals surface area contributed by atoms with Crippen LogP contribution in [0, 0.1) is 5.92 Å². The third kappa shape index (κ3) is 4.62. The number of esters is 1. The number of hydrogen-bond acceptors (Lipinski definition) is 7. The first-order valence-corrected chi connectivity index (χ1v) is 12.8. The molecule has 4 rings (SSSR count). The van der Waals surface area contributed by atoms with Gasteiger partial charge in [-0.15, -0.1) is 11.3 Å². The topological polar surface area (TPSA) is 98.0 Å². The molecular formula is C22H25N3O5S2. The third-order valence-corrected chi connectivity index (χ3v) is 8.36. The van der Waals surface area contributed by atoms with Crippen LogP contribution in [0.25, 0.3) is 4.96 Å². The molecule has 0 aliphatic carbocycles. The molecule has 3 heterocycles. The number of aromatic nitrogens is 2. The number of sulfonamides is 1. The summed E-state index contributed by atoms with van der Waals surface area (Å²) in [6.45, 7) is 4.55. The maximum Gasteiger partial charge on any atom is 0.309 e. The molecule has 1 fully saturated rings. The average Bonchev–Trinajstić information content (AvgIpc) is 3.27. The molecule has 0 amide bonds. The molecule has 2 aromatic heterocycles. The van der Waals surface area contributed by atoms with E-state index >= 15 is 0 Å². The van der Waals surface area contributed by atoms with E-state index in [4.69, 9.17) is 4.74 Å². The van der Waals surface area contributed by atoms with Gasteiger partial charge in [-0.2, -0.15) is 4.31 Å². The van der Waals surface area contributed by atoms with Gasteiger partial charge in [-0.25, -0.2) is 13.4 Å². The highest BCUT2D eigenvalue weighted by Gasteiger charge is 2.33. The fourth-order valence-electron chi connectivity index (χ4n) is 3.73. The van der Waals surface area contributed by atoms with E-state index in [0.717, 1.165) is 5.56 Å². The molecule has 10 heteroatoms. The number of hydrogen-bond donors (Lipinski definition) is 0. The van der Waals surface area contributed by atoms with E-state index in [-0.39, 0.29) is 36.1 Å². The van der Waals surface area contributed by atoms with Gasteiger partial charge in [0.1, 0.15) is 6.61 Å². The molecule has 0 spiro atoms. The van der Waals surface area contributed by atoms with Crippen molar-refractivity contribution in [1.82, 2.24) is 13.7 Å². The van der Waals surface area contributed by atoms with Crippen molar-refractivity contribution in [2.45, 2.75) is 44.1 Å². The molecular weight excluding hydrogens is 450 g/mol. The Morgan fingerprint density at radius 1 is 1.22 bits per heavy atom. The molecule has 1 aliphatic heterocycles. The molecule has 8 nitrogen and oxygen atoms in total. The Hall–Kier alpha value is -2.56. The smallest absolute Gasteiger partial charge is 0.309 e. The molecule has 0 bridgehead atoms. The zero-order chi connectivity index (χ0) is 22.9. The Balaban J connectivity index is 1.34. The number of ether oxygens (including phenoxy) is 1. The lowest BCUT2D eigenvalue weighted by Crippen LogP contribution is -2.40. The number of benzene rings is 1. The van der Waals surface area contributed by atoms with Crippen LogP contribution in [0.2, 0.25) is 0 Å². The van der Waals surface area contributed by atoms with Crippen LogP contribution in [-0.2, 0) is 26.2 Å². The van der Waals surface area contributed by atoms with E-state index in [1.165, 1.54) is 26.1 Å². The summed E-state index contributed by atoms with van der Waals surface area (Å²) in [4.78, 5) is 29.7. The van der Waals surface area contributed by atoms with Crippen molar-refractivity contribution in [2.75, 3.05) is 13.1 Å². The summed E-state index contributed by atoms with van der Waals surface area (Å²) in [6.07, 6.45) is 2.43.